The first-order valence-corrected chi connectivity index (χ1v) is 6.24. The van der Waals surface area contributed by atoms with Gasteiger partial charge in [0.25, 0.3) is 0 Å². The monoisotopic (exact) mass is 280 g/mol. The number of carbonyl (C=O) groups excluding carboxylic acids is 1. The summed E-state index contributed by atoms with van der Waals surface area (Å²) in [6.45, 7) is 2.51. The van der Waals surface area contributed by atoms with Crippen LogP contribution in [0.15, 0.2) is 18.2 Å². The predicted molar refractivity (Wildman–Crippen MR) is 73.7 cm³/mol. The van der Waals surface area contributed by atoms with Crippen molar-refractivity contribution in [3.05, 3.63) is 24.0 Å². The second-order valence-electron chi connectivity index (χ2n) is 4.41. The van der Waals surface area contributed by atoms with E-state index in [2.05, 4.69) is 10.3 Å². The first-order chi connectivity index (χ1) is 9.56. The van der Waals surface area contributed by atoms with Crippen LogP contribution in [-0.2, 0) is 9.53 Å². The number of nitrogens with one attached hydrogen (secondary N) is 1. The Balaban J connectivity index is 2.30. The van der Waals surface area contributed by atoms with Gasteiger partial charge in [0.1, 0.15) is 11.6 Å². The SMILES string of the molecule is COCCNC(=O)C(C)n1c(N)nc2c(F)cccc21. The Bertz CT molecular complexity index is 626. The Labute approximate surface area is 115 Å². The van der Waals surface area contributed by atoms with Crippen LogP contribution in [-0.4, -0.2) is 35.7 Å². The van der Waals surface area contributed by atoms with Gasteiger partial charge in [0.2, 0.25) is 11.9 Å². The topological polar surface area (TPSA) is 82.2 Å². The zero-order valence-electron chi connectivity index (χ0n) is 11.4. The maximum absolute atomic E-state index is 13.6. The molecule has 3 N–H and O–H groups in total. The number of ether oxygens (including phenoxy) is 1. The van der Waals surface area contributed by atoms with Crippen molar-refractivity contribution >= 4 is 22.9 Å². The number of nitrogens with two attached hydrogens (primary N) is 1. The van der Waals surface area contributed by atoms with Crippen LogP contribution in [0.1, 0.15) is 13.0 Å². The number of rotatable bonds is 5. The van der Waals surface area contributed by atoms with Crippen LogP contribution < -0.4 is 11.1 Å². The van der Waals surface area contributed by atoms with E-state index in [1.807, 2.05) is 0 Å². The summed E-state index contributed by atoms with van der Waals surface area (Å²) in [4.78, 5) is 16.0. The molecule has 0 spiro atoms. The number of methoxy groups -OCH3 is 1. The first kappa shape index (κ1) is 14.3. The largest absolute Gasteiger partial charge is 0.383 e. The molecule has 1 amide bonds. The fraction of sp³-hybridized carbons (Fsp3) is 0.385. The molecular formula is C13H17FN4O2. The van der Waals surface area contributed by atoms with Crippen molar-refractivity contribution in [3.63, 3.8) is 0 Å². The molecule has 1 unspecified atom stereocenters. The number of hydrogen-bond donors (Lipinski definition) is 2. The molecule has 108 valence electrons. The summed E-state index contributed by atoms with van der Waals surface area (Å²) in [7, 11) is 1.56. The maximum atomic E-state index is 13.6. The molecule has 0 saturated carbocycles. The van der Waals surface area contributed by atoms with Crippen molar-refractivity contribution in [2.24, 2.45) is 0 Å². The Morgan fingerprint density at radius 2 is 2.35 bits per heavy atom. The lowest BCUT2D eigenvalue weighted by molar-refractivity contribution is -0.123. The highest BCUT2D eigenvalue weighted by Crippen LogP contribution is 2.24. The van der Waals surface area contributed by atoms with Gasteiger partial charge in [-0.25, -0.2) is 9.37 Å². The molecule has 0 aliphatic carbocycles. The van der Waals surface area contributed by atoms with Crippen LogP contribution in [0.5, 0.6) is 0 Å². The Morgan fingerprint density at radius 3 is 3.05 bits per heavy atom. The van der Waals surface area contributed by atoms with E-state index in [-0.39, 0.29) is 17.4 Å². The lowest BCUT2D eigenvalue weighted by atomic mass is 10.2. The van der Waals surface area contributed by atoms with Crippen molar-refractivity contribution in [2.75, 3.05) is 26.0 Å². The molecule has 0 saturated heterocycles. The highest BCUT2D eigenvalue weighted by Gasteiger charge is 2.21. The molecule has 0 aliphatic rings. The van der Waals surface area contributed by atoms with Gasteiger partial charge >= 0.3 is 0 Å². The van der Waals surface area contributed by atoms with E-state index in [1.165, 1.54) is 10.6 Å². The lowest BCUT2D eigenvalue weighted by Gasteiger charge is -2.15. The maximum Gasteiger partial charge on any atom is 0.242 e. The molecule has 2 rings (SSSR count). The van der Waals surface area contributed by atoms with Crippen LogP contribution in [0.25, 0.3) is 11.0 Å². The van der Waals surface area contributed by atoms with Crippen LogP contribution in [0.3, 0.4) is 0 Å². The van der Waals surface area contributed by atoms with Crippen LogP contribution >= 0.6 is 0 Å². The van der Waals surface area contributed by atoms with Gasteiger partial charge in [0.15, 0.2) is 5.82 Å². The minimum atomic E-state index is -0.585. The van der Waals surface area contributed by atoms with Crippen molar-refractivity contribution < 1.29 is 13.9 Å². The molecule has 1 aromatic heterocycles. The van der Waals surface area contributed by atoms with E-state index in [0.29, 0.717) is 18.7 Å². The quantitative estimate of drug-likeness (QED) is 0.803. The normalized spacial score (nSPS) is 12.6. The molecule has 0 aliphatic heterocycles. The van der Waals surface area contributed by atoms with Gasteiger partial charge in [0.05, 0.1) is 12.1 Å². The second-order valence-corrected chi connectivity index (χ2v) is 4.41. The first-order valence-electron chi connectivity index (χ1n) is 6.24. The van der Waals surface area contributed by atoms with E-state index < -0.39 is 11.9 Å². The average molecular weight is 280 g/mol. The zero-order valence-corrected chi connectivity index (χ0v) is 11.4. The van der Waals surface area contributed by atoms with Crippen molar-refractivity contribution in [1.82, 2.24) is 14.9 Å². The molecule has 7 heteroatoms. The van der Waals surface area contributed by atoms with Gasteiger partial charge in [-0.3, -0.25) is 9.36 Å². The third kappa shape index (κ3) is 2.57. The number of halogens is 1. The molecule has 1 aromatic carbocycles. The molecular weight excluding hydrogens is 263 g/mol. The Kier molecular flexibility index (Phi) is 4.19. The number of nitrogen functional groups attached to an aromatic ring is 1. The summed E-state index contributed by atoms with van der Waals surface area (Å²) in [6, 6.07) is 3.97. The summed E-state index contributed by atoms with van der Waals surface area (Å²) in [5.41, 5.74) is 6.46. The minimum Gasteiger partial charge on any atom is -0.383 e. The Morgan fingerprint density at radius 1 is 1.60 bits per heavy atom. The van der Waals surface area contributed by atoms with Gasteiger partial charge in [-0.1, -0.05) is 6.07 Å². The number of carbonyl (C=O) groups is 1. The molecule has 0 bridgehead atoms. The van der Waals surface area contributed by atoms with Gasteiger partial charge < -0.3 is 15.8 Å². The van der Waals surface area contributed by atoms with Crippen LogP contribution in [0.4, 0.5) is 10.3 Å². The fourth-order valence-corrected chi connectivity index (χ4v) is 2.05. The van der Waals surface area contributed by atoms with E-state index in [0.717, 1.165) is 0 Å². The van der Waals surface area contributed by atoms with Crippen LogP contribution in [0, 0.1) is 5.82 Å². The molecule has 0 radical (unpaired) electrons. The molecule has 0 fully saturated rings. The zero-order chi connectivity index (χ0) is 14.7. The standard InChI is InChI=1S/C13H17FN4O2/c1-8(12(19)16-6-7-20-2)18-10-5-3-4-9(14)11(10)17-13(18)15/h3-5,8H,6-7H2,1-2H3,(H2,15,17)(H,16,19). The summed E-state index contributed by atoms with van der Waals surface area (Å²) < 4.78 is 20.0. The number of hydrogen-bond acceptors (Lipinski definition) is 4. The summed E-state index contributed by atoms with van der Waals surface area (Å²) in [5, 5.41) is 2.72. The average Bonchev–Trinajstić information content (AvgIpc) is 2.76. The van der Waals surface area contributed by atoms with E-state index in [4.69, 9.17) is 10.5 Å². The number of nitrogens with zero attached hydrogens (tertiary/aromatic N) is 2. The second kappa shape index (κ2) is 5.87. The third-order valence-corrected chi connectivity index (χ3v) is 3.07. The van der Waals surface area contributed by atoms with E-state index in [1.54, 1.807) is 26.2 Å². The summed E-state index contributed by atoms with van der Waals surface area (Å²) in [5.74, 6) is -0.572. The van der Waals surface area contributed by atoms with Gasteiger partial charge in [-0.2, -0.15) is 0 Å². The number of aromatic nitrogens is 2. The molecule has 6 nitrogen and oxygen atoms in total. The molecule has 1 heterocycles. The number of amides is 1. The van der Waals surface area contributed by atoms with Crippen LogP contribution in [0.2, 0.25) is 0 Å². The Hall–Kier alpha value is -2.15. The van der Waals surface area contributed by atoms with Gasteiger partial charge in [0, 0.05) is 13.7 Å². The van der Waals surface area contributed by atoms with Crippen molar-refractivity contribution in [1.29, 1.82) is 0 Å². The van der Waals surface area contributed by atoms with E-state index in [9.17, 15) is 9.18 Å². The number of imidazole rings is 1. The number of anilines is 1. The highest BCUT2D eigenvalue weighted by atomic mass is 19.1. The van der Waals surface area contributed by atoms with E-state index >= 15 is 0 Å². The lowest BCUT2D eigenvalue weighted by Crippen LogP contribution is -2.33. The summed E-state index contributed by atoms with van der Waals surface area (Å²) in [6.07, 6.45) is 0. The number of benzene rings is 1. The van der Waals surface area contributed by atoms with Crippen molar-refractivity contribution in [3.8, 4) is 0 Å². The van der Waals surface area contributed by atoms with Gasteiger partial charge in [-0.15, -0.1) is 0 Å². The smallest absolute Gasteiger partial charge is 0.242 e. The molecule has 2 aromatic rings. The minimum absolute atomic E-state index is 0.111. The molecule has 20 heavy (non-hydrogen) atoms. The third-order valence-electron chi connectivity index (χ3n) is 3.07. The highest BCUT2D eigenvalue weighted by molar-refractivity contribution is 5.85. The predicted octanol–water partition coefficient (Wildman–Crippen LogP) is 1.08. The summed E-state index contributed by atoms with van der Waals surface area (Å²) >= 11 is 0. The van der Waals surface area contributed by atoms with Gasteiger partial charge in [-0.05, 0) is 19.1 Å². The number of fused-ring (bicyclic) bond motifs is 1. The molecule has 1 atom stereocenters. The fourth-order valence-electron chi connectivity index (χ4n) is 2.05. The van der Waals surface area contributed by atoms with Crippen molar-refractivity contribution in [2.45, 2.75) is 13.0 Å². The number of para-hydroxylation sites is 1.